The number of halogens is 1. The van der Waals surface area contributed by atoms with E-state index in [1.165, 1.54) is 6.07 Å². The number of hydrogen-bond donors (Lipinski definition) is 3. The summed E-state index contributed by atoms with van der Waals surface area (Å²) >= 11 is 0. The molecule has 3 rings (SSSR count). The first-order valence-electron chi connectivity index (χ1n) is 7.89. The zero-order chi connectivity index (χ0) is 16.9. The van der Waals surface area contributed by atoms with Gasteiger partial charge in [-0.25, -0.2) is 9.18 Å². The summed E-state index contributed by atoms with van der Waals surface area (Å²) in [7, 11) is 1.75. The van der Waals surface area contributed by atoms with E-state index in [9.17, 15) is 9.18 Å². The van der Waals surface area contributed by atoms with E-state index in [0.29, 0.717) is 5.82 Å². The molecule has 1 fully saturated rings. The van der Waals surface area contributed by atoms with Crippen molar-refractivity contribution in [3.05, 3.63) is 41.8 Å². The standard InChI is InChI=1S/C16H21FN6O/c1-22-7-4-15(21-22)20-16(24)19-14-10-12(2-3-13(14)17)11-23-8-5-18-6-9-23/h2-4,7,10,18H,5-6,8-9,11H2,1H3,(H2,19,20,21,24). The molecule has 1 aromatic heterocycles. The number of aryl methyl sites for hydroxylation is 1. The molecule has 128 valence electrons. The fourth-order valence-corrected chi connectivity index (χ4v) is 2.65. The molecule has 7 nitrogen and oxygen atoms in total. The highest BCUT2D eigenvalue weighted by atomic mass is 19.1. The van der Waals surface area contributed by atoms with Gasteiger partial charge in [0, 0.05) is 52.0 Å². The van der Waals surface area contributed by atoms with Gasteiger partial charge >= 0.3 is 6.03 Å². The average molecular weight is 332 g/mol. The van der Waals surface area contributed by atoms with Crippen LogP contribution in [0.3, 0.4) is 0 Å². The summed E-state index contributed by atoms with van der Waals surface area (Å²) in [5, 5.41) is 12.5. The third kappa shape index (κ3) is 4.30. The molecule has 3 N–H and O–H groups in total. The number of anilines is 2. The van der Waals surface area contributed by atoms with Crippen LogP contribution in [0.2, 0.25) is 0 Å². The first-order chi connectivity index (χ1) is 11.6. The Labute approximate surface area is 139 Å². The molecule has 1 aliphatic rings. The van der Waals surface area contributed by atoms with Crippen molar-refractivity contribution in [2.24, 2.45) is 7.05 Å². The Hall–Kier alpha value is -2.45. The van der Waals surface area contributed by atoms with Crippen molar-refractivity contribution >= 4 is 17.5 Å². The van der Waals surface area contributed by atoms with Crippen LogP contribution < -0.4 is 16.0 Å². The van der Waals surface area contributed by atoms with E-state index in [1.807, 2.05) is 0 Å². The Morgan fingerprint density at radius 3 is 2.79 bits per heavy atom. The summed E-state index contributed by atoms with van der Waals surface area (Å²) < 4.78 is 15.5. The molecule has 2 heterocycles. The maximum atomic E-state index is 14.0. The number of urea groups is 1. The van der Waals surface area contributed by atoms with Gasteiger partial charge in [-0.2, -0.15) is 5.10 Å². The molecule has 2 aromatic rings. The first-order valence-corrected chi connectivity index (χ1v) is 7.89. The summed E-state index contributed by atoms with van der Waals surface area (Å²) in [6.07, 6.45) is 1.71. The third-order valence-corrected chi connectivity index (χ3v) is 3.85. The van der Waals surface area contributed by atoms with E-state index in [4.69, 9.17) is 0 Å². The second kappa shape index (κ2) is 7.41. The summed E-state index contributed by atoms with van der Waals surface area (Å²) in [4.78, 5) is 14.3. The van der Waals surface area contributed by atoms with Gasteiger partial charge in [0.25, 0.3) is 0 Å². The number of carbonyl (C=O) groups is 1. The van der Waals surface area contributed by atoms with Crippen LogP contribution in [0.15, 0.2) is 30.5 Å². The van der Waals surface area contributed by atoms with Crippen molar-refractivity contribution in [2.75, 3.05) is 36.8 Å². The molecule has 0 spiro atoms. The van der Waals surface area contributed by atoms with Crippen LogP contribution in [0.1, 0.15) is 5.56 Å². The largest absolute Gasteiger partial charge is 0.324 e. The van der Waals surface area contributed by atoms with Gasteiger partial charge in [0.2, 0.25) is 0 Å². The number of benzene rings is 1. The number of nitrogens with zero attached hydrogens (tertiary/aromatic N) is 3. The van der Waals surface area contributed by atoms with Crippen LogP contribution in [0.25, 0.3) is 0 Å². The van der Waals surface area contributed by atoms with Crippen molar-refractivity contribution in [1.82, 2.24) is 20.0 Å². The van der Waals surface area contributed by atoms with Gasteiger partial charge < -0.3 is 10.6 Å². The zero-order valence-corrected chi connectivity index (χ0v) is 13.6. The van der Waals surface area contributed by atoms with Crippen LogP contribution in [-0.4, -0.2) is 46.9 Å². The molecule has 1 saturated heterocycles. The zero-order valence-electron chi connectivity index (χ0n) is 13.6. The second-order valence-electron chi connectivity index (χ2n) is 5.79. The minimum atomic E-state index is -0.521. The Bertz CT molecular complexity index is 710. The van der Waals surface area contributed by atoms with Gasteiger partial charge in [-0.1, -0.05) is 6.07 Å². The molecule has 2 amide bonds. The predicted octanol–water partition coefficient (Wildman–Crippen LogP) is 1.61. The van der Waals surface area contributed by atoms with Crippen LogP contribution in [0.4, 0.5) is 20.7 Å². The lowest BCUT2D eigenvalue weighted by molar-refractivity contribution is 0.233. The van der Waals surface area contributed by atoms with Crippen molar-refractivity contribution in [2.45, 2.75) is 6.54 Å². The topological polar surface area (TPSA) is 74.2 Å². The minimum absolute atomic E-state index is 0.163. The van der Waals surface area contributed by atoms with Crippen molar-refractivity contribution < 1.29 is 9.18 Å². The fraction of sp³-hybridized carbons (Fsp3) is 0.375. The number of rotatable bonds is 4. The normalized spacial score (nSPS) is 15.2. The van der Waals surface area contributed by atoms with Gasteiger partial charge in [-0.05, 0) is 17.7 Å². The van der Waals surface area contributed by atoms with Gasteiger partial charge in [0.15, 0.2) is 5.82 Å². The minimum Gasteiger partial charge on any atom is -0.314 e. The molecule has 0 saturated carbocycles. The number of aromatic nitrogens is 2. The number of piperazine rings is 1. The van der Waals surface area contributed by atoms with Crippen molar-refractivity contribution in [3.63, 3.8) is 0 Å². The quantitative estimate of drug-likeness (QED) is 0.795. The van der Waals surface area contributed by atoms with Gasteiger partial charge in [0.05, 0.1) is 5.69 Å². The summed E-state index contributed by atoms with van der Waals surface area (Å²) in [5.74, 6) is -0.0531. The molecular weight excluding hydrogens is 311 g/mol. The van der Waals surface area contributed by atoms with E-state index in [-0.39, 0.29) is 5.69 Å². The van der Waals surface area contributed by atoms with E-state index < -0.39 is 11.8 Å². The summed E-state index contributed by atoms with van der Waals surface area (Å²) in [5.41, 5.74) is 1.13. The molecule has 1 aromatic carbocycles. The van der Waals surface area contributed by atoms with Crippen LogP contribution in [0.5, 0.6) is 0 Å². The van der Waals surface area contributed by atoms with E-state index in [1.54, 1.807) is 36.1 Å². The molecule has 0 unspecified atom stereocenters. The van der Waals surface area contributed by atoms with Crippen molar-refractivity contribution in [3.8, 4) is 0 Å². The average Bonchev–Trinajstić information content (AvgIpc) is 2.96. The van der Waals surface area contributed by atoms with Crippen molar-refractivity contribution in [1.29, 1.82) is 0 Å². The number of nitrogens with one attached hydrogen (secondary N) is 3. The third-order valence-electron chi connectivity index (χ3n) is 3.85. The van der Waals surface area contributed by atoms with Gasteiger partial charge in [-0.15, -0.1) is 0 Å². The molecule has 0 aliphatic carbocycles. The monoisotopic (exact) mass is 332 g/mol. The smallest absolute Gasteiger partial charge is 0.314 e. The Balaban J connectivity index is 1.63. The van der Waals surface area contributed by atoms with Crippen LogP contribution in [-0.2, 0) is 13.6 Å². The Morgan fingerprint density at radius 2 is 2.08 bits per heavy atom. The van der Waals surface area contributed by atoms with Crippen LogP contribution in [0, 0.1) is 5.82 Å². The number of amides is 2. The van der Waals surface area contributed by atoms with E-state index >= 15 is 0 Å². The first kappa shape index (κ1) is 16.4. The molecule has 0 bridgehead atoms. The number of hydrogen-bond acceptors (Lipinski definition) is 4. The summed E-state index contributed by atoms with van der Waals surface area (Å²) in [6, 6.07) is 5.95. The lowest BCUT2D eigenvalue weighted by Gasteiger charge is -2.27. The fourth-order valence-electron chi connectivity index (χ4n) is 2.65. The highest BCUT2D eigenvalue weighted by Crippen LogP contribution is 2.18. The highest BCUT2D eigenvalue weighted by Gasteiger charge is 2.13. The van der Waals surface area contributed by atoms with Gasteiger partial charge in [-0.3, -0.25) is 14.9 Å². The molecule has 24 heavy (non-hydrogen) atoms. The van der Waals surface area contributed by atoms with E-state index in [2.05, 4.69) is 25.9 Å². The Kier molecular flexibility index (Phi) is 5.07. The summed E-state index contributed by atoms with van der Waals surface area (Å²) in [6.45, 7) is 4.57. The maximum absolute atomic E-state index is 14.0. The van der Waals surface area contributed by atoms with Gasteiger partial charge in [0.1, 0.15) is 5.82 Å². The lowest BCUT2D eigenvalue weighted by Crippen LogP contribution is -2.42. The molecule has 1 aliphatic heterocycles. The predicted molar refractivity (Wildman–Crippen MR) is 90.4 cm³/mol. The lowest BCUT2D eigenvalue weighted by atomic mass is 10.1. The van der Waals surface area contributed by atoms with E-state index in [0.717, 1.165) is 38.3 Å². The number of carbonyl (C=O) groups excluding carboxylic acids is 1. The molecule has 0 radical (unpaired) electrons. The van der Waals surface area contributed by atoms with Crippen LogP contribution >= 0.6 is 0 Å². The molecule has 0 atom stereocenters. The Morgan fingerprint density at radius 1 is 1.29 bits per heavy atom. The maximum Gasteiger partial charge on any atom is 0.324 e. The second-order valence-corrected chi connectivity index (χ2v) is 5.79. The highest BCUT2D eigenvalue weighted by molar-refractivity contribution is 5.99. The molecular formula is C16H21FN6O. The SMILES string of the molecule is Cn1ccc(NC(=O)Nc2cc(CN3CCNCC3)ccc2F)n1. The molecule has 8 heteroatoms.